The van der Waals surface area contributed by atoms with Gasteiger partial charge < -0.3 is 0 Å². The summed E-state index contributed by atoms with van der Waals surface area (Å²) in [5.74, 6) is 0. The van der Waals surface area contributed by atoms with Crippen molar-refractivity contribution in [2.45, 2.75) is 6.54 Å². The molecule has 0 radical (unpaired) electrons. The van der Waals surface area contributed by atoms with Gasteiger partial charge in [-0.15, -0.1) is 5.10 Å². The van der Waals surface area contributed by atoms with Crippen molar-refractivity contribution in [3.63, 3.8) is 0 Å². The van der Waals surface area contributed by atoms with E-state index in [1.807, 2.05) is 30.3 Å². The summed E-state index contributed by atoms with van der Waals surface area (Å²) in [4.78, 5) is 15.2. The largest absolute Gasteiger partial charge is 0.296 e. The topological polar surface area (TPSA) is 60.7 Å². The molecule has 0 aliphatic carbocycles. The van der Waals surface area contributed by atoms with Crippen LogP contribution in [-0.2, 0) is 6.54 Å². The van der Waals surface area contributed by atoms with Gasteiger partial charge in [0.2, 0.25) is 0 Å². The third kappa shape index (κ3) is 2.68. The Morgan fingerprint density at radius 2 is 2.05 bits per heavy atom. The molecule has 0 atom stereocenters. The Hall–Kier alpha value is -2.53. The van der Waals surface area contributed by atoms with E-state index in [2.05, 4.69) is 15.3 Å². The van der Waals surface area contributed by atoms with Gasteiger partial charge in [-0.1, -0.05) is 35.0 Å². The van der Waals surface area contributed by atoms with E-state index in [-0.39, 0.29) is 5.69 Å². The minimum Gasteiger partial charge on any atom is -0.296 e. The zero-order valence-electron chi connectivity index (χ0n) is 11.0. The van der Waals surface area contributed by atoms with E-state index in [4.69, 9.17) is 11.6 Å². The maximum absolute atomic E-state index is 11.2. The predicted octanol–water partition coefficient (Wildman–Crippen LogP) is 2.85. The molecule has 21 heavy (non-hydrogen) atoms. The highest BCUT2D eigenvalue weighted by Crippen LogP contribution is 2.23. The van der Waals surface area contributed by atoms with Crippen LogP contribution in [0.25, 0.3) is 11.3 Å². The quantitative estimate of drug-likeness (QED) is 0.695. The van der Waals surface area contributed by atoms with Crippen molar-refractivity contribution >= 4 is 17.9 Å². The van der Waals surface area contributed by atoms with Crippen molar-refractivity contribution in [2.24, 2.45) is 0 Å². The number of halogens is 1. The van der Waals surface area contributed by atoms with Crippen LogP contribution in [0.2, 0.25) is 5.02 Å². The summed E-state index contributed by atoms with van der Waals surface area (Å²) in [7, 11) is 0. The Morgan fingerprint density at radius 3 is 2.76 bits per heavy atom. The summed E-state index contributed by atoms with van der Waals surface area (Å²) in [6.07, 6.45) is 4.04. The molecule has 0 N–H and O–H groups in total. The number of carbonyl (C=O) groups excluding carboxylic acids is 1. The fraction of sp³-hybridized carbons (Fsp3) is 0.0667. The second kappa shape index (κ2) is 5.85. The Balaban J connectivity index is 2.06. The Kier molecular flexibility index (Phi) is 3.75. The van der Waals surface area contributed by atoms with Crippen molar-refractivity contribution in [3.05, 3.63) is 65.1 Å². The first-order valence-corrected chi connectivity index (χ1v) is 6.70. The lowest BCUT2D eigenvalue weighted by molar-refractivity contribution is 0.111. The van der Waals surface area contributed by atoms with Crippen LogP contribution < -0.4 is 0 Å². The molecular weight excluding hydrogens is 288 g/mol. The Labute approximate surface area is 126 Å². The zero-order chi connectivity index (χ0) is 14.7. The molecule has 2 heterocycles. The van der Waals surface area contributed by atoms with Crippen molar-refractivity contribution in [2.75, 3.05) is 0 Å². The van der Waals surface area contributed by atoms with Crippen LogP contribution in [0.1, 0.15) is 16.1 Å². The number of nitrogens with zero attached hydrogens (tertiary/aromatic N) is 4. The van der Waals surface area contributed by atoms with Crippen LogP contribution in [0.4, 0.5) is 0 Å². The van der Waals surface area contributed by atoms with Gasteiger partial charge in [0.25, 0.3) is 0 Å². The molecule has 0 aliphatic heterocycles. The number of aromatic nitrogens is 4. The maximum Gasteiger partial charge on any atom is 0.172 e. The van der Waals surface area contributed by atoms with Crippen molar-refractivity contribution in [1.29, 1.82) is 0 Å². The van der Waals surface area contributed by atoms with E-state index >= 15 is 0 Å². The number of hydrogen-bond acceptors (Lipinski definition) is 4. The third-order valence-corrected chi connectivity index (χ3v) is 3.45. The van der Waals surface area contributed by atoms with E-state index in [1.54, 1.807) is 23.1 Å². The lowest BCUT2D eigenvalue weighted by Gasteiger charge is -2.08. The highest BCUT2D eigenvalue weighted by Gasteiger charge is 2.15. The van der Waals surface area contributed by atoms with Gasteiger partial charge in [-0.25, -0.2) is 4.68 Å². The smallest absolute Gasteiger partial charge is 0.172 e. The second-order valence-corrected chi connectivity index (χ2v) is 4.84. The van der Waals surface area contributed by atoms with Crippen LogP contribution in [0.15, 0.2) is 48.8 Å². The number of carbonyl (C=O) groups is 1. The van der Waals surface area contributed by atoms with Crippen molar-refractivity contribution in [3.8, 4) is 11.3 Å². The summed E-state index contributed by atoms with van der Waals surface area (Å²) in [6, 6.07) is 11.2. The lowest BCUT2D eigenvalue weighted by Crippen LogP contribution is -2.05. The van der Waals surface area contributed by atoms with Gasteiger partial charge in [0, 0.05) is 23.0 Å². The summed E-state index contributed by atoms with van der Waals surface area (Å²) >= 11 is 6.17. The third-order valence-electron chi connectivity index (χ3n) is 3.09. The van der Waals surface area contributed by atoms with E-state index in [9.17, 15) is 4.79 Å². The molecule has 0 fully saturated rings. The molecule has 3 rings (SSSR count). The molecule has 0 unspecified atom stereocenters. The normalized spacial score (nSPS) is 10.5. The molecule has 0 bridgehead atoms. The van der Waals surface area contributed by atoms with Crippen LogP contribution in [0, 0.1) is 0 Å². The fourth-order valence-electron chi connectivity index (χ4n) is 2.10. The second-order valence-electron chi connectivity index (χ2n) is 4.43. The van der Waals surface area contributed by atoms with E-state index in [0.717, 1.165) is 11.1 Å². The summed E-state index contributed by atoms with van der Waals surface area (Å²) in [5.41, 5.74) is 2.62. The average Bonchev–Trinajstić information content (AvgIpc) is 2.93. The van der Waals surface area contributed by atoms with Crippen molar-refractivity contribution in [1.82, 2.24) is 20.0 Å². The molecule has 1 aromatic carbocycles. The molecule has 0 amide bonds. The Bertz CT molecular complexity index is 770. The minimum absolute atomic E-state index is 0.287. The molecule has 3 aromatic rings. The van der Waals surface area contributed by atoms with E-state index in [1.165, 1.54) is 0 Å². The SMILES string of the molecule is O=Cc1nnn(Cc2ccccc2Cl)c1-c1cccnc1. The van der Waals surface area contributed by atoms with Gasteiger partial charge in [-0.3, -0.25) is 9.78 Å². The van der Waals surface area contributed by atoms with E-state index in [0.29, 0.717) is 23.5 Å². The fourth-order valence-corrected chi connectivity index (χ4v) is 2.30. The summed E-state index contributed by atoms with van der Waals surface area (Å²) < 4.78 is 1.65. The van der Waals surface area contributed by atoms with Gasteiger partial charge in [-0.2, -0.15) is 0 Å². The first kappa shape index (κ1) is 13.5. The van der Waals surface area contributed by atoms with Gasteiger partial charge >= 0.3 is 0 Å². The number of hydrogen-bond donors (Lipinski definition) is 0. The first-order valence-electron chi connectivity index (χ1n) is 6.32. The average molecular weight is 299 g/mol. The molecular formula is C15H11ClN4O. The van der Waals surface area contributed by atoms with Gasteiger partial charge in [0.1, 0.15) is 5.69 Å². The highest BCUT2D eigenvalue weighted by atomic mass is 35.5. The van der Waals surface area contributed by atoms with Crippen LogP contribution >= 0.6 is 11.6 Å². The zero-order valence-corrected chi connectivity index (χ0v) is 11.7. The van der Waals surface area contributed by atoms with Gasteiger partial charge in [0.15, 0.2) is 12.0 Å². The molecule has 0 spiro atoms. The molecule has 0 aliphatic rings. The molecule has 2 aromatic heterocycles. The lowest BCUT2D eigenvalue weighted by atomic mass is 10.1. The van der Waals surface area contributed by atoms with Gasteiger partial charge in [0.05, 0.1) is 6.54 Å². The Morgan fingerprint density at radius 1 is 1.19 bits per heavy atom. The molecule has 5 nitrogen and oxygen atoms in total. The highest BCUT2D eigenvalue weighted by molar-refractivity contribution is 6.31. The number of rotatable bonds is 4. The van der Waals surface area contributed by atoms with Crippen molar-refractivity contribution < 1.29 is 4.79 Å². The molecule has 0 saturated carbocycles. The number of pyridine rings is 1. The van der Waals surface area contributed by atoms with E-state index < -0.39 is 0 Å². The van der Waals surface area contributed by atoms with Crippen LogP contribution in [0.5, 0.6) is 0 Å². The minimum atomic E-state index is 0.287. The molecule has 0 saturated heterocycles. The predicted molar refractivity (Wildman–Crippen MR) is 79.2 cm³/mol. The van der Waals surface area contributed by atoms with Gasteiger partial charge in [-0.05, 0) is 23.8 Å². The number of benzene rings is 1. The summed E-state index contributed by atoms with van der Waals surface area (Å²) in [6.45, 7) is 0.435. The molecule has 6 heteroatoms. The number of aldehydes is 1. The van der Waals surface area contributed by atoms with Crippen LogP contribution in [-0.4, -0.2) is 26.3 Å². The maximum atomic E-state index is 11.2. The summed E-state index contributed by atoms with van der Waals surface area (Å²) in [5, 5.41) is 8.61. The first-order chi connectivity index (χ1) is 10.3. The van der Waals surface area contributed by atoms with Crippen LogP contribution in [0.3, 0.4) is 0 Å². The molecule has 104 valence electrons. The standard InChI is InChI=1S/C15H11ClN4O/c16-13-6-2-1-4-12(13)9-20-15(14(10-21)18-19-20)11-5-3-7-17-8-11/h1-8,10H,9H2. The monoisotopic (exact) mass is 298 g/mol.